The van der Waals surface area contributed by atoms with E-state index in [0.29, 0.717) is 10.7 Å². The van der Waals surface area contributed by atoms with E-state index in [1.54, 1.807) is 42.6 Å². The summed E-state index contributed by atoms with van der Waals surface area (Å²) in [5.41, 5.74) is 2.65. The van der Waals surface area contributed by atoms with Crippen molar-refractivity contribution in [1.82, 2.24) is 4.98 Å². The fourth-order valence-corrected chi connectivity index (χ4v) is 4.16. The molecule has 0 unspecified atom stereocenters. The molecule has 0 bridgehead atoms. The van der Waals surface area contributed by atoms with Crippen molar-refractivity contribution in [2.24, 2.45) is 0 Å². The summed E-state index contributed by atoms with van der Waals surface area (Å²) in [6, 6.07) is 18.2. The molecule has 0 aliphatic rings. The Bertz CT molecular complexity index is 967. The van der Waals surface area contributed by atoms with Gasteiger partial charge in [0.1, 0.15) is 5.03 Å². The Kier molecular flexibility index (Phi) is 5.11. The molecular formula is C19H18N2O2S2. The van der Waals surface area contributed by atoms with Crippen molar-refractivity contribution >= 4 is 27.5 Å². The molecule has 0 fully saturated rings. The Hall–Kier alpha value is -2.31. The summed E-state index contributed by atoms with van der Waals surface area (Å²) in [5.74, 6) is 0. The van der Waals surface area contributed by atoms with Gasteiger partial charge in [0.05, 0.1) is 10.6 Å². The lowest BCUT2D eigenvalue weighted by Crippen LogP contribution is -2.13. The maximum absolute atomic E-state index is 12.6. The van der Waals surface area contributed by atoms with Crippen LogP contribution in [-0.2, 0) is 10.0 Å². The van der Waals surface area contributed by atoms with Crippen LogP contribution in [0.1, 0.15) is 11.1 Å². The van der Waals surface area contributed by atoms with Crippen molar-refractivity contribution in [3.8, 4) is 0 Å². The molecule has 0 saturated carbocycles. The minimum absolute atomic E-state index is 0.230. The normalized spacial score (nSPS) is 11.3. The number of benzene rings is 2. The first kappa shape index (κ1) is 17.5. The van der Waals surface area contributed by atoms with E-state index in [-0.39, 0.29) is 4.90 Å². The molecule has 4 nitrogen and oxygen atoms in total. The number of pyridine rings is 1. The summed E-state index contributed by atoms with van der Waals surface area (Å²) in [6.07, 6.45) is 1.65. The van der Waals surface area contributed by atoms with Gasteiger partial charge in [-0.15, -0.1) is 0 Å². The van der Waals surface area contributed by atoms with Gasteiger partial charge >= 0.3 is 0 Å². The largest absolute Gasteiger partial charge is 0.277 e. The molecule has 3 rings (SSSR count). The Morgan fingerprint density at radius 3 is 2.12 bits per heavy atom. The second-order valence-corrected chi connectivity index (χ2v) is 8.43. The van der Waals surface area contributed by atoms with E-state index in [1.807, 2.05) is 38.1 Å². The lowest BCUT2D eigenvalue weighted by Gasteiger charge is -2.12. The van der Waals surface area contributed by atoms with E-state index < -0.39 is 10.0 Å². The van der Waals surface area contributed by atoms with E-state index in [2.05, 4.69) is 9.71 Å². The highest BCUT2D eigenvalue weighted by Crippen LogP contribution is 2.32. The standard InChI is InChI=1S/C19H18N2O2S2/c1-14-5-9-16(10-6-14)24-19-18(4-3-13-20-19)21-25(22,23)17-11-7-15(2)8-12-17/h3-13,21H,1-2H3. The number of nitrogens with one attached hydrogen (secondary N) is 1. The number of nitrogens with zero attached hydrogens (tertiary/aromatic N) is 1. The van der Waals surface area contributed by atoms with Gasteiger partial charge < -0.3 is 0 Å². The third-order valence-electron chi connectivity index (χ3n) is 3.58. The van der Waals surface area contributed by atoms with Gasteiger partial charge in [-0.25, -0.2) is 13.4 Å². The van der Waals surface area contributed by atoms with Crippen LogP contribution in [-0.4, -0.2) is 13.4 Å². The lowest BCUT2D eigenvalue weighted by molar-refractivity contribution is 0.601. The first-order valence-corrected chi connectivity index (χ1v) is 10.0. The minimum atomic E-state index is -3.65. The summed E-state index contributed by atoms with van der Waals surface area (Å²) in [6.45, 7) is 3.94. The van der Waals surface area contributed by atoms with Crippen LogP contribution < -0.4 is 4.72 Å². The molecule has 0 amide bonds. The average molecular weight is 370 g/mol. The van der Waals surface area contributed by atoms with Crippen LogP contribution in [0.15, 0.2) is 81.7 Å². The molecule has 128 valence electrons. The Labute approximate surface area is 152 Å². The topological polar surface area (TPSA) is 59.1 Å². The van der Waals surface area contributed by atoms with Gasteiger partial charge in [-0.05, 0) is 50.2 Å². The van der Waals surface area contributed by atoms with Crippen LogP contribution in [0, 0.1) is 13.8 Å². The second kappa shape index (κ2) is 7.29. The second-order valence-electron chi connectivity index (χ2n) is 5.69. The van der Waals surface area contributed by atoms with Gasteiger partial charge in [0.25, 0.3) is 10.0 Å². The maximum Gasteiger partial charge on any atom is 0.261 e. The van der Waals surface area contributed by atoms with Gasteiger partial charge in [-0.2, -0.15) is 0 Å². The van der Waals surface area contributed by atoms with Crippen LogP contribution in [0.5, 0.6) is 0 Å². The maximum atomic E-state index is 12.6. The smallest absolute Gasteiger partial charge is 0.261 e. The summed E-state index contributed by atoms with van der Waals surface area (Å²) < 4.78 is 27.9. The fourth-order valence-electron chi connectivity index (χ4n) is 2.19. The van der Waals surface area contributed by atoms with Crippen molar-refractivity contribution in [3.63, 3.8) is 0 Å². The molecule has 25 heavy (non-hydrogen) atoms. The van der Waals surface area contributed by atoms with E-state index in [1.165, 1.54) is 17.3 Å². The predicted molar refractivity (Wildman–Crippen MR) is 102 cm³/mol. The first-order chi connectivity index (χ1) is 11.9. The summed E-state index contributed by atoms with van der Waals surface area (Å²) in [5, 5.41) is 0.613. The molecule has 0 radical (unpaired) electrons. The van der Waals surface area contributed by atoms with Gasteiger partial charge in [0.15, 0.2) is 0 Å². The SMILES string of the molecule is Cc1ccc(Sc2ncccc2NS(=O)(=O)c2ccc(C)cc2)cc1. The Morgan fingerprint density at radius 1 is 0.880 bits per heavy atom. The van der Waals surface area contributed by atoms with Gasteiger partial charge in [0.2, 0.25) is 0 Å². The lowest BCUT2D eigenvalue weighted by atomic mass is 10.2. The molecule has 1 N–H and O–H groups in total. The molecule has 1 aromatic heterocycles. The van der Waals surface area contributed by atoms with Gasteiger partial charge in [-0.3, -0.25) is 4.72 Å². The van der Waals surface area contributed by atoms with Gasteiger partial charge in [-0.1, -0.05) is 47.2 Å². The number of aromatic nitrogens is 1. The molecular weight excluding hydrogens is 352 g/mol. The summed E-state index contributed by atoms with van der Waals surface area (Å²) in [7, 11) is -3.65. The average Bonchev–Trinajstić information content (AvgIpc) is 2.59. The number of hydrogen-bond acceptors (Lipinski definition) is 4. The molecule has 0 aliphatic heterocycles. The van der Waals surface area contributed by atoms with Crippen LogP contribution in [0.3, 0.4) is 0 Å². The third kappa shape index (κ3) is 4.41. The fraction of sp³-hybridized carbons (Fsp3) is 0.105. The van der Waals surface area contributed by atoms with Crippen molar-refractivity contribution in [2.45, 2.75) is 28.7 Å². The summed E-state index contributed by atoms with van der Waals surface area (Å²) in [4.78, 5) is 5.55. The van der Waals surface area contributed by atoms with Crippen LogP contribution in [0.25, 0.3) is 0 Å². The monoisotopic (exact) mass is 370 g/mol. The molecule has 0 aliphatic carbocycles. The number of hydrogen-bond donors (Lipinski definition) is 1. The number of sulfonamides is 1. The molecule has 3 aromatic rings. The van der Waals surface area contributed by atoms with E-state index in [9.17, 15) is 8.42 Å². The van der Waals surface area contributed by atoms with E-state index >= 15 is 0 Å². The highest BCUT2D eigenvalue weighted by molar-refractivity contribution is 7.99. The van der Waals surface area contributed by atoms with Gasteiger partial charge in [0, 0.05) is 11.1 Å². The number of aryl methyl sites for hydroxylation is 2. The molecule has 0 atom stereocenters. The molecule has 1 heterocycles. The zero-order valence-electron chi connectivity index (χ0n) is 13.9. The molecule has 0 spiro atoms. The zero-order valence-corrected chi connectivity index (χ0v) is 15.6. The van der Waals surface area contributed by atoms with Crippen molar-refractivity contribution in [1.29, 1.82) is 0 Å². The zero-order chi connectivity index (χ0) is 17.9. The van der Waals surface area contributed by atoms with E-state index in [4.69, 9.17) is 0 Å². The van der Waals surface area contributed by atoms with Crippen LogP contribution in [0.2, 0.25) is 0 Å². The number of rotatable bonds is 5. The van der Waals surface area contributed by atoms with Crippen molar-refractivity contribution in [3.05, 3.63) is 78.0 Å². The molecule has 2 aromatic carbocycles. The third-order valence-corrected chi connectivity index (χ3v) is 5.99. The summed E-state index contributed by atoms with van der Waals surface area (Å²) >= 11 is 1.42. The molecule has 0 saturated heterocycles. The Morgan fingerprint density at radius 2 is 1.48 bits per heavy atom. The number of anilines is 1. The van der Waals surface area contributed by atoms with Crippen molar-refractivity contribution in [2.75, 3.05) is 4.72 Å². The quantitative estimate of drug-likeness (QED) is 0.710. The highest BCUT2D eigenvalue weighted by atomic mass is 32.2. The van der Waals surface area contributed by atoms with E-state index in [0.717, 1.165) is 10.5 Å². The van der Waals surface area contributed by atoms with Crippen LogP contribution in [0.4, 0.5) is 5.69 Å². The first-order valence-electron chi connectivity index (χ1n) is 7.73. The molecule has 6 heteroatoms. The van der Waals surface area contributed by atoms with Crippen LogP contribution >= 0.6 is 11.8 Å². The predicted octanol–water partition coefficient (Wildman–Crippen LogP) is 4.65. The van der Waals surface area contributed by atoms with Crippen molar-refractivity contribution < 1.29 is 8.42 Å². The highest BCUT2D eigenvalue weighted by Gasteiger charge is 2.16. The minimum Gasteiger partial charge on any atom is -0.277 e. The Balaban J connectivity index is 1.87.